The standard InChI is InChI=1S/C14H24N4O6S2/c1-23-11(19)9-7-25-26-8-10(12(20)24-2)18-14(22)16-6-4-3-5-15-13(21)17-9/h9-10H,3-8H2,1-2H3,(H2,15,17,21)(H2,16,18,22)/t9-,10?/m0/s1. The molecular weight excluding hydrogens is 384 g/mol. The average molecular weight is 409 g/mol. The smallest absolute Gasteiger partial charge is 0.329 e. The first-order chi connectivity index (χ1) is 12.5. The van der Waals surface area contributed by atoms with Gasteiger partial charge in [0, 0.05) is 24.6 Å². The molecule has 0 saturated carbocycles. The molecule has 4 N–H and O–H groups in total. The van der Waals surface area contributed by atoms with E-state index >= 15 is 0 Å². The molecule has 26 heavy (non-hydrogen) atoms. The van der Waals surface area contributed by atoms with Crippen molar-refractivity contribution < 1.29 is 28.7 Å². The Morgan fingerprint density at radius 1 is 0.846 bits per heavy atom. The van der Waals surface area contributed by atoms with Crippen LogP contribution >= 0.6 is 21.6 Å². The summed E-state index contributed by atoms with van der Waals surface area (Å²) in [6, 6.07) is -2.57. The lowest BCUT2D eigenvalue weighted by molar-refractivity contribution is -0.143. The Morgan fingerprint density at radius 2 is 1.23 bits per heavy atom. The second-order valence-corrected chi connectivity index (χ2v) is 7.78. The van der Waals surface area contributed by atoms with E-state index in [1.165, 1.54) is 35.8 Å². The van der Waals surface area contributed by atoms with Crippen LogP contribution in [0.4, 0.5) is 9.59 Å². The fourth-order valence-corrected chi connectivity index (χ4v) is 4.22. The molecule has 0 radical (unpaired) electrons. The van der Waals surface area contributed by atoms with E-state index in [9.17, 15) is 19.2 Å². The molecule has 0 aromatic rings. The third kappa shape index (κ3) is 8.52. The zero-order chi connectivity index (χ0) is 19.4. The molecule has 0 spiro atoms. The van der Waals surface area contributed by atoms with Crippen molar-refractivity contribution in [1.29, 1.82) is 0 Å². The Hall–Kier alpha value is -1.82. The zero-order valence-corrected chi connectivity index (χ0v) is 16.3. The third-order valence-electron chi connectivity index (χ3n) is 3.31. The Bertz CT molecular complexity index is 464. The van der Waals surface area contributed by atoms with Crippen LogP contribution < -0.4 is 21.3 Å². The summed E-state index contributed by atoms with van der Waals surface area (Å²) in [5.41, 5.74) is 0. The van der Waals surface area contributed by atoms with Crippen LogP contribution in [0.3, 0.4) is 0 Å². The van der Waals surface area contributed by atoms with Crippen LogP contribution in [0.15, 0.2) is 0 Å². The van der Waals surface area contributed by atoms with Crippen molar-refractivity contribution in [1.82, 2.24) is 21.3 Å². The van der Waals surface area contributed by atoms with Crippen molar-refractivity contribution >= 4 is 45.6 Å². The molecule has 148 valence electrons. The molecule has 0 aliphatic carbocycles. The van der Waals surface area contributed by atoms with E-state index < -0.39 is 36.1 Å². The van der Waals surface area contributed by atoms with Crippen LogP contribution in [0.1, 0.15) is 12.8 Å². The first kappa shape index (κ1) is 22.2. The van der Waals surface area contributed by atoms with Crippen molar-refractivity contribution in [2.75, 3.05) is 38.8 Å². The van der Waals surface area contributed by atoms with Crippen molar-refractivity contribution in [3.63, 3.8) is 0 Å². The van der Waals surface area contributed by atoms with Gasteiger partial charge in [-0.15, -0.1) is 0 Å². The van der Waals surface area contributed by atoms with Gasteiger partial charge in [-0.2, -0.15) is 0 Å². The van der Waals surface area contributed by atoms with Gasteiger partial charge < -0.3 is 30.7 Å². The molecule has 1 unspecified atom stereocenters. The highest BCUT2D eigenvalue weighted by molar-refractivity contribution is 8.76. The lowest BCUT2D eigenvalue weighted by atomic mass is 10.3. The first-order valence-electron chi connectivity index (χ1n) is 7.96. The number of carbonyl (C=O) groups is 4. The highest BCUT2D eigenvalue weighted by atomic mass is 33.1. The summed E-state index contributed by atoms with van der Waals surface area (Å²) < 4.78 is 9.38. The van der Waals surface area contributed by atoms with Crippen molar-refractivity contribution in [2.45, 2.75) is 24.9 Å². The van der Waals surface area contributed by atoms with Gasteiger partial charge in [0.05, 0.1) is 14.2 Å². The molecule has 0 aromatic carbocycles. The molecule has 10 nitrogen and oxygen atoms in total. The predicted octanol–water partition coefficient (Wildman–Crippen LogP) is -0.157. The number of hydrogen-bond donors (Lipinski definition) is 4. The second kappa shape index (κ2) is 12.5. The summed E-state index contributed by atoms with van der Waals surface area (Å²) >= 11 is 0. The first-order valence-corrected chi connectivity index (χ1v) is 10.5. The largest absolute Gasteiger partial charge is 0.467 e. The van der Waals surface area contributed by atoms with Gasteiger partial charge in [-0.1, -0.05) is 21.6 Å². The number of methoxy groups -OCH3 is 2. The predicted molar refractivity (Wildman–Crippen MR) is 98.8 cm³/mol. The summed E-state index contributed by atoms with van der Waals surface area (Å²) in [6.07, 6.45) is 1.28. The molecule has 12 heteroatoms. The topological polar surface area (TPSA) is 135 Å². The fourth-order valence-electron chi connectivity index (χ4n) is 1.93. The Balaban J connectivity index is 2.71. The van der Waals surface area contributed by atoms with Crippen LogP contribution in [-0.4, -0.2) is 74.9 Å². The van der Waals surface area contributed by atoms with Gasteiger partial charge in [-0.3, -0.25) is 0 Å². The number of ether oxygens (including phenoxy) is 2. The van der Waals surface area contributed by atoms with Gasteiger partial charge in [0.25, 0.3) is 0 Å². The summed E-state index contributed by atoms with van der Waals surface area (Å²) in [7, 11) is 5.03. The molecule has 0 aromatic heterocycles. The summed E-state index contributed by atoms with van der Waals surface area (Å²) in [5, 5.41) is 10.4. The van der Waals surface area contributed by atoms with Crippen molar-refractivity contribution in [3.8, 4) is 0 Å². The molecular formula is C14H24N4O6S2. The van der Waals surface area contributed by atoms with E-state index in [4.69, 9.17) is 9.47 Å². The van der Waals surface area contributed by atoms with Crippen molar-refractivity contribution in [3.05, 3.63) is 0 Å². The maximum atomic E-state index is 11.9. The lowest BCUT2D eigenvalue weighted by Gasteiger charge is -2.19. The molecule has 4 amide bonds. The van der Waals surface area contributed by atoms with Gasteiger partial charge in [-0.25, -0.2) is 19.2 Å². The minimum atomic E-state index is -0.821. The number of hydrogen-bond acceptors (Lipinski definition) is 8. The number of carbonyl (C=O) groups excluding carboxylic acids is 4. The average Bonchev–Trinajstić information content (AvgIpc) is 2.63. The summed E-state index contributed by atoms with van der Waals surface area (Å²) in [5.74, 6) is -0.636. The zero-order valence-electron chi connectivity index (χ0n) is 14.7. The minimum absolute atomic E-state index is 0.241. The van der Waals surface area contributed by atoms with Crippen LogP contribution in [-0.2, 0) is 19.1 Å². The number of rotatable bonds is 2. The molecule has 1 rings (SSSR count). The molecule has 1 aliphatic rings. The summed E-state index contributed by atoms with van der Waals surface area (Å²) in [6.45, 7) is 0.797. The fraction of sp³-hybridized carbons (Fsp3) is 0.714. The van der Waals surface area contributed by atoms with E-state index in [1.54, 1.807) is 0 Å². The van der Waals surface area contributed by atoms with Gasteiger partial charge in [0.1, 0.15) is 12.1 Å². The highest BCUT2D eigenvalue weighted by Gasteiger charge is 2.24. The number of amides is 4. The minimum Gasteiger partial charge on any atom is -0.467 e. The number of esters is 2. The highest BCUT2D eigenvalue weighted by Crippen LogP contribution is 2.23. The SMILES string of the molecule is COC(=O)C1CSSC[C@@H](C(=O)OC)NC(=O)NCCCCNC(=O)N1. The van der Waals surface area contributed by atoms with E-state index in [1.807, 2.05) is 0 Å². The van der Waals surface area contributed by atoms with E-state index in [-0.39, 0.29) is 11.5 Å². The normalized spacial score (nSPS) is 23.5. The van der Waals surface area contributed by atoms with Crippen LogP contribution in [0.2, 0.25) is 0 Å². The Labute approximate surface area is 159 Å². The molecule has 1 aliphatic heterocycles. The van der Waals surface area contributed by atoms with Crippen molar-refractivity contribution in [2.24, 2.45) is 0 Å². The van der Waals surface area contributed by atoms with Gasteiger partial charge in [-0.05, 0) is 12.8 Å². The van der Waals surface area contributed by atoms with E-state index in [0.717, 1.165) is 0 Å². The molecule has 2 atom stereocenters. The molecule has 1 heterocycles. The Morgan fingerprint density at radius 3 is 1.58 bits per heavy atom. The number of urea groups is 2. The van der Waals surface area contributed by atoms with Crippen LogP contribution in [0, 0.1) is 0 Å². The van der Waals surface area contributed by atoms with Gasteiger partial charge in [0.2, 0.25) is 0 Å². The van der Waals surface area contributed by atoms with Crippen LogP contribution in [0.5, 0.6) is 0 Å². The maximum Gasteiger partial charge on any atom is 0.329 e. The molecule has 1 saturated heterocycles. The number of nitrogens with one attached hydrogen (secondary N) is 4. The quantitative estimate of drug-likeness (QED) is 0.366. The maximum absolute atomic E-state index is 11.9. The second-order valence-electron chi connectivity index (χ2n) is 5.23. The van der Waals surface area contributed by atoms with Gasteiger partial charge in [0.15, 0.2) is 0 Å². The molecule has 0 bridgehead atoms. The Kier molecular flexibility index (Phi) is 10.7. The molecule has 1 fully saturated rings. The van der Waals surface area contributed by atoms with E-state index in [2.05, 4.69) is 21.3 Å². The van der Waals surface area contributed by atoms with Crippen LogP contribution in [0.25, 0.3) is 0 Å². The monoisotopic (exact) mass is 408 g/mol. The lowest BCUT2D eigenvalue weighted by Crippen LogP contribution is -2.49. The summed E-state index contributed by atoms with van der Waals surface area (Å²) in [4.78, 5) is 47.3. The van der Waals surface area contributed by atoms with Gasteiger partial charge >= 0.3 is 24.0 Å². The van der Waals surface area contributed by atoms with E-state index in [0.29, 0.717) is 25.9 Å². The third-order valence-corrected chi connectivity index (χ3v) is 5.73.